The summed E-state index contributed by atoms with van der Waals surface area (Å²) in [6.45, 7) is 6.73. The molecule has 0 bridgehead atoms. The molecule has 2 N–H and O–H groups in total. The molecule has 0 radical (unpaired) electrons. The lowest BCUT2D eigenvalue weighted by atomic mass is 9.99. The van der Waals surface area contributed by atoms with Gasteiger partial charge in [0.15, 0.2) is 0 Å². The zero-order chi connectivity index (χ0) is 20.6. The van der Waals surface area contributed by atoms with Gasteiger partial charge < -0.3 is 9.73 Å². The molecule has 154 valence electrons. The lowest BCUT2D eigenvalue weighted by molar-refractivity contribution is 0.0945. The highest BCUT2D eigenvalue weighted by Crippen LogP contribution is 2.17. The van der Waals surface area contributed by atoms with Gasteiger partial charge >= 0.3 is 0 Å². The number of nitrogens with one attached hydrogen (secondary N) is 2. The first-order valence-corrected chi connectivity index (χ1v) is 11.3. The van der Waals surface area contributed by atoms with Crippen molar-refractivity contribution >= 4 is 15.9 Å². The molecule has 0 spiro atoms. The molecule has 0 saturated carbocycles. The number of hydrogen-bond acceptors (Lipinski definition) is 4. The van der Waals surface area contributed by atoms with Crippen LogP contribution in [0.3, 0.4) is 0 Å². The Morgan fingerprint density at radius 3 is 2.64 bits per heavy atom. The quantitative estimate of drug-likeness (QED) is 0.590. The Balaban J connectivity index is 2.07. The summed E-state index contributed by atoms with van der Waals surface area (Å²) in [6.07, 6.45) is 5.85. The topological polar surface area (TPSA) is 88.4 Å². The van der Waals surface area contributed by atoms with Crippen molar-refractivity contribution < 1.29 is 17.6 Å². The zero-order valence-corrected chi connectivity index (χ0v) is 17.6. The van der Waals surface area contributed by atoms with Crippen LogP contribution in [0.5, 0.6) is 0 Å². The lowest BCUT2D eigenvalue weighted by Gasteiger charge is -2.16. The van der Waals surface area contributed by atoms with E-state index in [1.54, 1.807) is 25.1 Å². The maximum Gasteiger partial charge on any atom is 0.251 e. The van der Waals surface area contributed by atoms with Crippen LogP contribution in [0.2, 0.25) is 0 Å². The first kappa shape index (κ1) is 22.2. The number of carbonyl (C=O) groups is 1. The summed E-state index contributed by atoms with van der Waals surface area (Å²) < 4.78 is 32.8. The number of furan rings is 1. The maximum atomic E-state index is 12.6. The number of aryl methyl sites for hydroxylation is 1. The van der Waals surface area contributed by atoms with Crippen molar-refractivity contribution in [3.8, 4) is 0 Å². The van der Waals surface area contributed by atoms with E-state index in [0.717, 1.165) is 31.2 Å². The molecule has 0 aliphatic carbocycles. The molecule has 1 heterocycles. The first-order chi connectivity index (χ1) is 13.4. The monoisotopic (exact) mass is 406 g/mol. The second-order valence-corrected chi connectivity index (χ2v) is 8.77. The predicted molar refractivity (Wildman–Crippen MR) is 110 cm³/mol. The smallest absolute Gasteiger partial charge is 0.251 e. The van der Waals surface area contributed by atoms with Gasteiger partial charge in [0.2, 0.25) is 10.0 Å². The third kappa shape index (κ3) is 6.21. The van der Waals surface area contributed by atoms with Crippen LogP contribution in [0, 0.1) is 12.8 Å². The van der Waals surface area contributed by atoms with Crippen molar-refractivity contribution in [1.82, 2.24) is 10.0 Å². The Bertz CT molecular complexity index is 861. The van der Waals surface area contributed by atoms with Crippen LogP contribution < -0.4 is 10.0 Å². The van der Waals surface area contributed by atoms with Crippen molar-refractivity contribution in [1.29, 1.82) is 0 Å². The highest BCUT2D eigenvalue weighted by molar-refractivity contribution is 7.89. The Labute approximate surface area is 167 Å². The van der Waals surface area contributed by atoms with Crippen LogP contribution in [0.4, 0.5) is 0 Å². The van der Waals surface area contributed by atoms with Crippen molar-refractivity contribution in [2.75, 3.05) is 6.54 Å². The number of sulfonamides is 1. The molecule has 6 nitrogen and oxygen atoms in total. The van der Waals surface area contributed by atoms with E-state index < -0.39 is 10.0 Å². The van der Waals surface area contributed by atoms with Crippen LogP contribution >= 0.6 is 0 Å². The summed E-state index contributed by atoms with van der Waals surface area (Å²) in [5, 5.41) is 2.96. The van der Waals surface area contributed by atoms with Gasteiger partial charge in [-0.2, -0.15) is 0 Å². The number of rotatable bonds is 11. The molecule has 0 aliphatic heterocycles. The minimum absolute atomic E-state index is 0.0559. The molecule has 1 aromatic heterocycles. The van der Waals surface area contributed by atoms with Gasteiger partial charge in [-0.05, 0) is 49.1 Å². The van der Waals surface area contributed by atoms with E-state index in [2.05, 4.69) is 23.9 Å². The standard InChI is InChI=1S/C21H30N2O4S/c1-4-6-8-17(5-2)14-22-21(24)20-13-19(11-10-16(20)3)28(25,26)23-15-18-9-7-12-27-18/h7,9-13,17,23H,4-6,8,14-15H2,1-3H3,(H,22,24). The van der Waals surface area contributed by atoms with Crippen molar-refractivity contribution in [3.63, 3.8) is 0 Å². The fraction of sp³-hybridized carbons (Fsp3) is 0.476. The lowest BCUT2D eigenvalue weighted by Crippen LogP contribution is -2.30. The van der Waals surface area contributed by atoms with Crippen LogP contribution in [-0.2, 0) is 16.6 Å². The summed E-state index contributed by atoms with van der Waals surface area (Å²) in [7, 11) is -3.75. The highest BCUT2D eigenvalue weighted by atomic mass is 32.2. The molecule has 1 aromatic carbocycles. The Morgan fingerprint density at radius 1 is 1.21 bits per heavy atom. The normalized spacial score (nSPS) is 12.7. The molecule has 2 aromatic rings. The predicted octanol–water partition coefficient (Wildman–Crippen LogP) is 4.01. The van der Waals surface area contributed by atoms with Crippen molar-refractivity contribution in [2.24, 2.45) is 5.92 Å². The Hall–Kier alpha value is -2.12. The molecule has 28 heavy (non-hydrogen) atoms. The maximum absolute atomic E-state index is 12.6. The molecule has 1 atom stereocenters. The Morgan fingerprint density at radius 2 is 2.00 bits per heavy atom. The molecule has 7 heteroatoms. The highest BCUT2D eigenvalue weighted by Gasteiger charge is 2.19. The minimum atomic E-state index is -3.75. The van der Waals surface area contributed by atoms with Crippen LogP contribution in [0.25, 0.3) is 0 Å². The average molecular weight is 407 g/mol. The molecular formula is C21H30N2O4S. The molecule has 0 fully saturated rings. The van der Waals surface area contributed by atoms with Gasteiger partial charge in [-0.3, -0.25) is 4.79 Å². The van der Waals surface area contributed by atoms with Gasteiger partial charge in [0, 0.05) is 12.1 Å². The fourth-order valence-electron chi connectivity index (χ4n) is 2.95. The summed E-state index contributed by atoms with van der Waals surface area (Å²) >= 11 is 0. The first-order valence-electron chi connectivity index (χ1n) is 9.78. The number of amides is 1. The van der Waals surface area contributed by atoms with E-state index in [-0.39, 0.29) is 17.3 Å². The third-order valence-corrected chi connectivity index (χ3v) is 6.27. The van der Waals surface area contributed by atoms with Gasteiger partial charge in [-0.25, -0.2) is 13.1 Å². The third-order valence-electron chi connectivity index (χ3n) is 4.88. The number of benzene rings is 1. The second kappa shape index (κ2) is 10.4. The molecule has 1 amide bonds. The molecule has 0 saturated heterocycles. The van der Waals surface area contributed by atoms with E-state index in [4.69, 9.17) is 4.42 Å². The number of carbonyl (C=O) groups excluding carboxylic acids is 1. The molecule has 2 rings (SSSR count). The van der Waals surface area contributed by atoms with E-state index in [1.165, 1.54) is 18.4 Å². The SMILES string of the molecule is CCCCC(CC)CNC(=O)c1cc(S(=O)(=O)NCc2ccco2)ccc1C. The summed E-state index contributed by atoms with van der Waals surface area (Å²) in [6, 6.07) is 7.99. The molecule has 0 aliphatic rings. The largest absolute Gasteiger partial charge is 0.468 e. The second-order valence-electron chi connectivity index (χ2n) is 7.01. The minimum Gasteiger partial charge on any atom is -0.468 e. The average Bonchev–Trinajstić information content (AvgIpc) is 3.20. The summed E-state index contributed by atoms with van der Waals surface area (Å²) in [4.78, 5) is 12.7. The van der Waals surface area contributed by atoms with E-state index in [0.29, 0.717) is 23.8 Å². The van der Waals surface area contributed by atoms with E-state index >= 15 is 0 Å². The van der Waals surface area contributed by atoms with Gasteiger partial charge in [-0.1, -0.05) is 39.2 Å². The van der Waals surface area contributed by atoms with Crippen LogP contribution in [-0.4, -0.2) is 20.9 Å². The Kier molecular flexibility index (Phi) is 8.26. The van der Waals surface area contributed by atoms with Gasteiger partial charge in [0.1, 0.15) is 5.76 Å². The summed E-state index contributed by atoms with van der Waals surface area (Å²) in [5.41, 5.74) is 1.12. The molecular weight excluding hydrogens is 376 g/mol. The van der Waals surface area contributed by atoms with E-state index in [1.807, 2.05) is 0 Å². The number of unbranched alkanes of at least 4 members (excludes halogenated alkanes) is 1. The van der Waals surface area contributed by atoms with Crippen molar-refractivity contribution in [3.05, 3.63) is 53.5 Å². The summed E-state index contributed by atoms with van der Waals surface area (Å²) in [5.74, 6) is 0.716. The van der Waals surface area contributed by atoms with Gasteiger partial charge in [0.25, 0.3) is 5.91 Å². The zero-order valence-electron chi connectivity index (χ0n) is 16.8. The van der Waals surface area contributed by atoms with Crippen LogP contribution in [0.1, 0.15) is 61.2 Å². The van der Waals surface area contributed by atoms with Gasteiger partial charge in [0.05, 0.1) is 17.7 Å². The van der Waals surface area contributed by atoms with E-state index in [9.17, 15) is 13.2 Å². The number of hydrogen-bond donors (Lipinski definition) is 2. The molecule has 1 unspecified atom stereocenters. The fourth-order valence-corrected chi connectivity index (χ4v) is 3.97. The van der Waals surface area contributed by atoms with Gasteiger partial charge in [-0.15, -0.1) is 0 Å². The van der Waals surface area contributed by atoms with Crippen LogP contribution in [0.15, 0.2) is 45.9 Å². The van der Waals surface area contributed by atoms with Crippen molar-refractivity contribution in [2.45, 2.75) is 57.9 Å².